The molecule has 1 aliphatic rings. The minimum atomic E-state index is -0.855. The molecule has 8 heteroatoms. The van der Waals surface area contributed by atoms with Gasteiger partial charge < -0.3 is 5.32 Å². The number of para-hydroxylation sites is 2. The number of amides is 1. The van der Waals surface area contributed by atoms with E-state index in [1.54, 1.807) is 43.3 Å². The zero-order chi connectivity index (χ0) is 22.7. The Morgan fingerprint density at radius 1 is 1.19 bits per heavy atom. The number of carbonyl (C=O) groups is 1. The van der Waals surface area contributed by atoms with Crippen molar-refractivity contribution in [2.75, 3.05) is 0 Å². The van der Waals surface area contributed by atoms with E-state index in [9.17, 15) is 19.2 Å². The summed E-state index contributed by atoms with van der Waals surface area (Å²) in [4.78, 5) is 30.8. The van der Waals surface area contributed by atoms with Gasteiger partial charge in [-0.05, 0) is 44.0 Å². The molecule has 4 rings (SSSR count). The standard InChI is InChI=1S/C24H23FN4O2S/c1-16(21(30)28-24(15-26)13-7-2-8-14-24)32-23-27-19-11-5-3-9-17(19)22(31)29(23)20-12-6-4-10-18(20)25/h3-6,9-12,16H,2,7-8,13-14H2,1H3,(H,28,30). The smallest absolute Gasteiger partial charge is 0.266 e. The Labute approximate surface area is 189 Å². The Morgan fingerprint density at radius 3 is 2.59 bits per heavy atom. The molecule has 1 amide bonds. The zero-order valence-corrected chi connectivity index (χ0v) is 18.5. The van der Waals surface area contributed by atoms with Gasteiger partial charge in [0.2, 0.25) is 5.91 Å². The molecule has 0 radical (unpaired) electrons. The van der Waals surface area contributed by atoms with Gasteiger partial charge >= 0.3 is 0 Å². The Morgan fingerprint density at radius 2 is 1.88 bits per heavy atom. The fourth-order valence-electron chi connectivity index (χ4n) is 4.01. The maximum Gasteiger partial charge on any atom is 0.266 e. The number of carbonyl (C=O) groups excluding carboxylic acids is 1. The molecule has 0 aliphatic heterocycles. The van der Waals surface area contributed by atoms with Crippen LogP contribution < -0.4 is 10.9 Å². The van der Waals surface area contributed by atoms with Crippen LogP contribution in [0.15, 0.2) is 58.5 Å². The number of hydrogen-bond donors (Lipinski definition) is 1. The first kappa shape index (κ1) is 22.0. The Kier molecular flexibility index (Phi) is 6.28. The summed E-state index contributed by atoms with van der Waals surface area (Å²) in [6.45, 7) is 1.70. The highest BCUT2D eigenvalue weighted by atomic mass is 32.2. The third-order valence-corrected chi connectivity index (χ3v) is 6.83. The van der Waals surface area contributed by atoms with Gasteiger partial charge in [-0.3, -0.25) is 14.2 Å². The number of hydrogen-bond acceptors (Lipinski definition) is 5. The van der Waals surface area contributed by atoms with E-state index in [1.807, 2.05) is 0 Å². The van der Waals surface area contributed by atoms with Crippen molar-refractivity contribution in [3.05, 3.63) is 64.7 Å². The maximum absolute atomic E-state index is 14.6. The van der Waals surface area contributed by atoms with Gasteiger partial charge in [0.25, 0.3) is 5.56 Å². The molecule has 2 aromatic carbocycles. The number of rotatable bonds is 5. The Balaban J connectivity index is 1.71. The molecule has 1 unspecified atom stereocenters. The first-order chi connectivity index (χ1) is 15.4. The second kappa shape index (κ2) is 9.13. The third kappa shape index (κ3) is 4.26. The molecule has 32 heavy (non-hydrogen) atoms. The van der Waals surface area contributed by atoms with E-state index >= 15 is 0 Å². The van der Waals surface area contributed by atoms with Crippen molar-refractivity contribution in [2.45, 2.75) is 55.0 Å². The molecule has 1 N–H and O–H groups in total. The average Bonchev–Trinajstić information content (AvgIpc) is 2.81. The van der Waals surface area contributed by atoms with Crippen LogP contribution in [0.1, 0.15) is 39.0 Å². The quantitative estimate of drug-likeness (QED) is 0.461. The molecule has 0 saturated heterocycles. The number of aromatic nitrogens is 2. The highest BCUT2D eigenvalue weighted by Gasteiger charge is 2.35. The van der Waals surface area contributed by atoms with Crippen LogP contribution in [0.5, 0.6) is 0 Å². The molecular weight excluding hydrogens is 427 g/mol. The molecule has 0 bridgehead atoms. The van der Waals surface area contributed by atoms with Crippen LogP contribution >= 0.6 is 11.8 Å². The first-order valence-electron chi connectivity index (χ1n) is 10.6. The van der Waals surface area contributed by atoms with Gasteiger partial charge in [-0.15, -0.1) is 0 Å². The maximum atomic E-state index is 14.6. The van der Waals surface area contributed by atoms with Crippen LogP contribution in [0.25, 0.3) is 16.6 Å². The van der Waals surface area contributed by atoms with Crippen LogP contribution in [0, 0.1) is 17.1 Å². The van der Waals surface area contributed by atoms with Crippen molar-refractivity contribution in [1.82, 2.24) is 14.9 Å². The number of benzene rings is 2. The lowest BCUT2D eigenvalue weighted by Crippen LogP contribution is -2.51. The minimum absolute atomic E-state index is 0.0756. The summed E-state index contributed by atoms with van der Waals surface area (Å²) in [6, 6.07) is 15.1. The number of thioether (sulfide) groups is 1. The molecule has 164 valence electrons. The van der Waals surface area contributed by atoms with Crippen LogP contribution in [0.4, 0.5) is 4.39 Å². The summed E-state index contributed by atoms with van der Waals surface area (Å²) in [5.74, 6) is -0.864. The van der Waals surface area contributed by atoms with E-state index < -0.39 is 22.2 Å². The predicted octanol–water partition coefficient (Wildman–Crippen LogP) is 4.35. The van der Waals surface area contributed by atoms with Crippen LogP contribution in [0.3, 0.4) is 0 Å². The summed E-state index contributed by atoms with van der Waals surface area (Å²) in [5, 5.41) is 12.5. The van der Waals surface area contributed by atoms with Gasteiger partial charge in [0.1, 0.15) is 11.4 Å². The Hall–Kier alpha value is -3.18. The molecule has 1 fully saturated rings. The topological polar surface area (TPSA) is 87.8 Å². The van der Waals surface area contributed by atoms with Crippen molar-refractivity contribution in [3.63, 3.8) is 0 Å². The number of nitrogens with zero attached hydrogens (tertiary/aromatic N) is 3. The molecule has 3 aromatic rings. The van der Waals surface area contributed by atoms with Crippen LogP contribution in [-0.4, -0.2) is 26.2 Å². The fraction of sp³-hybridized carbons (Fsp3) is 0.333. The highest BCUT2D eigenvalue weighted by molar-refractivity contribution is 8.00. The molecule has 1 atom stereocenters. The monoisotopic (exact) mass is 450 g/mol. The summed E-state index contributed by atoms with van der Waals surface area (Å²) >= 11 is 1.07. The van der Waals surface area contributed by atoms with Crippen molar-refractivity contribution in [3.8, 4) is 11.8 Å². The van der Waals surface area contributed by atoms with E-state index in [2.05, 4.69) is 16.4 Å². The van der Waals surface area contributed by atoms with Crippen molar-refractivity contribution in [1.29, 1.82) is 5.26 Å². The highest BCUT2D eigenvalue weighted by Crippen LogP contribution is 2.30. The first-order valence-corrected chi connectivity index (χ1v) is 11.5. The molecular formula is C24H23FN4O2S. The van der Waals surface area contributed by atoms with Gasteiger partial charge in [0.15, 0.2) is 5.16 Å². The van der Waals surface area contributed by atoms with Gasteiger partial charge in [-0.1, -0.05) is 55.3 Å². The summed E-state index contributed by atoms with van der Waals surface area (Å²) in [5.41, 5.74) is -0.712. The zero-order valence-electron chi connectivity index (χ0n) is 17.7. The van der Waals surface area contributed by atoms with Gasteiger partial charge in [-0.2, -0.15) is 5.26 Å². The van der Waals surface area contributed by atoms with Gasteiger partial charge in [0.05, 0.1) is 27.9 Å². The second-order valence-corrected chi connectivity index (χ2v) is 9.32. The Bertz CT molecular complexity index is 1260. The molecule has 1 saturated carbocycles. The number of nitrogens with one attached hydrogen (secondary N) is 1. The summed E-state index contributed by atoms with van der Waals surface area (Å²) < 4.78 is 15.8. The van der Waals surface area contributed by atoms with Gasteiger partial charge in [-0.25, -0.2) is 9.37 Å². The number of nitriles is 1. The molecule has 1 heterocycles. The number of halogens is 1. The largest absolute Gasteiger partial charge is 0.337 e. The SMILES string of the molecule is CC(Sc1nc2ccccc2c(=O)n1-c1ccccc1F)C(=O)NC1(C#N)CCCCC1. The lowest BCUT2D eigenvalue weighted by molar-refractivity contribution is -0.121. The third-order valence-electron chi connectivity index (χ3n) is 5.77. The predicted molar refractivity (Wildman–Crippen MR) is 122 cm³/mol. The lowest BCUT2D eigenvalue weighted by atomic mass is 9.83. The van der Waals surface area contributed by atoms with Crippen molar-refractivity contribution >= 4 is 28.6 Å². The van der Waals surface area contributed by atoms with Crippen LogP contribution in [-0.2, 0) is 4.79 Å². The molecule has 6 nitrogen and oxygen atoms in total. The fourth-order valence-corrected chi connectivity index (χ4v) is 4.93. The number of fused-ring (bicyclic) bond motifs is 1. The van der Waals surface area contributed by atoms with E-state index in [4.69, 9.17) is 0 Å². The summed E-state index contributed by atoms with van der Waals surface area (Å²) in [6.07, 6.45) is 4.10. The molecule has 0 spiro atoms. The van der Waals surface area contributed by atoms with Gasteiger partial charge in [0, 0.05) is 0 Å². The van der Waals surface area contributed by atoms with E-state index in [0.717, 1.165) is 31.0 Å². The second-order valence-electron chi connectivity index (χ2n) is 8.01. The molecule has 1 aromatic heterocycles. The minimum Gasteiger partial charge on any atom is -0.337 e. The van der Waals surface area contributed by atoms with Crippen molar-refractivity contribution in [2.24, 2.45) is 0 Å². The van der Waals surface area contributed by atoms with E-state index in [0.29, 0.717) is 23.7 Å². The van der Waals surface area contributed by atoms with E-state index in [-0.39, 0.29) is 16.8 Å². The molecule has 1 aliphatic carbocycles. The lowest BCUT2D eigenvalue weighted by Gasteiger charge is -2.32. The van der Waals surface area contributed by atoms with Crippen molar-refractivity contribution < 1.29 is 9.18 Å². The van der Waals surface area contributed by atoms with Crippen LogP contribution in [0.2, 0.25) is 0 Å². The summed E-state index contributed by atoms with van der Waals surface area (Å²) in [7, 11) is 0. The van der Waals surface area contributed by atoms with E-state index in [1.165, 1.54) is 16.7 Å². The normalized spacial score (nSPS) is 16.3. The average molecular weight is 451 g/mol.